The van der Waals surface area contributed by atoms with Gasteiger partial charge in [0.1, 0.15) is 4.75 Å². The van der Waals surface area contributed by atoms with Gasteiger partial charge in [0.25, 0.3) is 0 Å². The van der Waals surface area contributed by atoms with E-state index < -0.39 is 11.4 Å². The lowest BCUT2D eigenvalue weighted by atomic mass is 10.3. The fourth-order valence-corrected chi connectivity index (χ4v) is 2.28. The Morgan fingerprint density at radius 3 is 2.00 bits per heavy atom. The van der Waals surface area contributed by atoms with Gasteiger partial charge in [0.2, 0.25) is 0 Å². The second kappa shape index (κ2) is 3.48. The van der Waals surface area contributed by atoms with Crippen LogP contribution in [0.1, 0.15) is 20.8 Å². The van der Waals surface area contributed by atoms with Gasteiger partial charge in [-0.15, -0.1) is 4.04 Å². The molecule has 0 rings (SSSR count). The Morgan fingerprint density at radius 2 is 1.89 bits per heavy atom. The first-order valence-corrected chi connectivity index (χ1v) is 5.67. The van der Waals surface area contributed by atoms with Crippen molar-refractivity contribution in [2.45, 2.75) is 32.1 Å². The van der Waals surface area contributed by atoms with E-state index in [0.29, 0.717) is 0 Å². The van der Waals surface area contributed by atoms with Crippen LogP contribution in [0.4, 0.5) is 0 Å². The molecule has 4 heteroatoms. The van der Waals surface area contributed by atoms with Crippen molar-refractivity contribution in [1.82, 2.24) is 0 Å². The quantitative estimate of drug-likeness (QED) is 0.421. The predicted molar refractivity (Wildman–Crippen MR) is 43.3 cm³/mol. The summed E-state index contributed by atoms with van der Waals surface area (Å²) in [5, 5.41) is 0. The van der Waals surface area contributed by atoms with Gasteiger partial charge in [-0.1, -0.05) is 0 Å². The van der Waals surface area contributed by atoms with Crippen LogP contribution in [0.5, 0.6) is 0 Å². The van der Waals surface area contributed by atoms with Crippen molar-refractivity contribution in [3.63, 3.8) is 0 Å². The second-order valence-corrected chi connectivity index (χ2v) is 5.81. The van der Waals surface area contributed by atoms with Crippen molar-refractivity contribution < 1.29 is 4.55 Å². The van der Waals surface area contributed by atoms with Gasteiger partial charge >= 0.3 is 0 Å². The standard InChI is InChI=1S/C5H13NOSSi/c1-5(2,3)8(7)6-9-4/h9H,1-4H3. The van der Waals surface area contributed by atoms with Gasteiger partial charge in [0.15, 0.2) is 9.31 Å². The third kappa shape index (κ3) is 3.83. The van der Waals surface area contributed by atoms with Crippen LogP contribution in [0, 0.1) is 0 Å². The van der Waals surface area contributed by atoms with E-state index in [2.05, 4.69) is 4.04 Å². The number of nitrogens with zero attached hydrogens (tertiary/aromatic N) is 1. The van der Waals surface area contributed by atoms with E-state index in [9.17, 15) is 4.55 Å². The van der Waals surface area contributed by atoms with E-state index in [1.807, 2.05) is 27.3 Å². The zero-order valence-corrected chi connectivity index (χ0v) is 8.31. The molecule has 0 aliphatic carbocycles. The van der Waals surface area contributed by atoms with Crippen molar-refractivity contribution in [1.29, 1.82) is 0 Å². The smallest absolute Gasteiger partial charge is 0.176 e. The summed E-state index contributed by atoms with van der Waals surface area (Å²) in [6.07, 6.45) is 0. The molecule has 54 valence electrons. The molecule has 0 N–H and O–H groups in total. The summed E-state index contributed by atoms with van der Waals surface area (Å²) in [5.41, 5.74) is 0. The molecule has 0 aromatic rings. The lowest BCUT2D eigenvalue weighted by molar-refractivity contribution is 0.562. The molecular weight excluding hydrogens is 150 g/mol. The SMILES string of the molecule is C[SiH]=N[S+]([O-])C(C)(C)C. The minimum absolute atomic E-state index is 0.0240. The first kappa shape index (κ1) is 9.33. The molecule has 0 aromatic carbocycles. The molecule has 9 heavy (non-hydrogen) atoms. The number of hydrogen-bond donors (Lipinski definition) is 0. The summed E-state index contributed by atoms with van der Waals surface area (Å²) >= 11 is -0.975. The maximum atomic E-state index is 11.0. The number of hydrogen-bond acceptors (Lipinski definition) is 2. The van der Waals surface area contributed by atoms with Crippen LogP contribution in [0.2, 0.25) is 6.55 Å². The van der Waals surface area contributed by atoms with Crippen molar-refractivity contribution >= 4 is 20.7 Å². The maximum absolute atomic E-state index is 11.0. The van der Waals surface area contributed by atoms with E-state index in [-0.39, 0.29) is 14.1 Å². The molecule has 0 aromatic heterocycles. The molecule has 0 aliphatic rings. The van der Waals surface area contributed by atoms with Crippen LogP contribution in [0.15, 0.2) is 4.04 Å². The first-order valence-electron chi connectivity index (χ1n) is 2.89. The zero-order chi connectivity index (χ0) is 7.49. The van der Waals surface area contributed by atoms with Crippen LogP contribution in [0.25, 0.3) is 0 Å². The Labute approximate surface area is 61.9 Å². The Kier molecular flexibility index (Phi) is 3.61. The largest absolute Gasteiger partial charge is 0.592 e. The van der Waals surface area contributed by atoms with Crippen molar-refractivity contribution in [2.24, 2.45) is 4.04 Å². The molecule has 0 radical (unpaired) electrons. The summed E-state index contributed by atoms with van der Waals surface area (Å²) in [6.45, 7) is 7.77. The Morgan fingerprint density at radius 1 is 1.44 bits per heavy atom. The Bertz CT molecular complexity index is 110. The predicted octanol–water partition coefficient (Wildman–Crippen LogP) is 1.12. The fraction of sp³-hybridized carbons (Fsp3) is 1.00. The summed E-state index contributed by atoms with van der Waals surface area (Å²) in [7, 11) is 0.0240. The lowest BCUT2D eigenvalue weighted by Gasteiger charge is -2.18. The van der Waals surface area contributed by atoms with Gasteiger partial charge in [-0.2, -0.15) is 0 Å². The van der Waals surface area contributed by atoms with Gasteiger partial charge in [0.05, 0.1) is 11.4 Å². The number of rotatable bonds is 1. The molecule has 0 saturated heterocycles. The van der Waals surface area contributed by atoms with E-state index in [1.54, 1.807) is 0 Å². The summed E-state index contributed by atoms with van der Waals surface area (Å²) in [4.78, 5) is 0. The highest BCUT2D eigenvalue weighted by molar-refractivity contribution is 7.91. The minimum Gasteiger partial charge on any atom is -0.592 e. The minimum atomic E-state index is -0.975. The average Bonchev–Trinajstić information content (AvgIpc) is 1.64. The topological polar surface area (TPSA) is 35.4 Å². The maximum Gasteiger partial charge on any atom is 0.176 e. The molecule has 0 heterocycles. The second-order valence-electron chi connectivity index (χ2n) is 2.73. The van der Waals surface area contributed by atoms with Gasteiger partial charge in [0, 0.05) is 0 Å². The van der Waals surface area contributed by atoms with Crippen molar-refractivity contribution in [2.75, 3.05) is 0 Å². The molecule has 0 aliphatic heterocycles. The van der Waals surface area contributed by atoms with Gasteiger partial charge in [-0.3, -0.25) is 0 Å². The normalized spacial score (nSPS) is 16.6. The Balaban J connectivity index is 3.88. The summed E-state index contributed by atoms with van der Waals surface area (Å²) in [5.74, 6) is 0. The molecule has 1 unspecified atom stereocenters. The molecule has 2 nitrogen and oxygen atoms in total. The van der Waals surface area contributed by atoms with Crippen LogP contribution in [0.3, 0.4) is 0 Å². The molecule has 0 fully saturated rings. The summed E-state index contributed by atoms with van der Waals surface area (Å²) in [6, 6.07) is 0. The van der Waals surface area contributed by atoms with E-state index in [0.717, 1.165) is 0 Å². The van der Waals surface area contributed by atoms with Gasteiger partial charge in [-0.25, -0.2) is 0 Å². The fourth-order valence-electron chi connectivity index (χ4n) is 0.254. The van der Waals surface area contributed by atoms with E-state index in [1.165, 1.54) is 0 Å². The van der Waals surface area contributed by atoms with E-state index >= 15 is 0 Å². The highest BCUT2D eigenvalue weighted by Crippen LogP contribution is 2.15. The molecule has 0 bridgehead atoms. The van der Waals surface area contributed by atoms with Crippen LogP contribution in [-0.4, -0.2) is 18.6 Å². The van der Waals surface area contributed by atoms with Gasteiger partial charge < -0.3 is 4.55 Å². The van der Waals surface area contributed by atoms with Crippen molar-refractivity contribution in [3.05, 3.63) is 0 Å². The average molecular weight is 163 g/mol. The molecule has 0 amide bonds. The third-order valence-corrected chi connectivity index (χ3v) is 3.38. The third-order valence-electron chi connectivity index (χ3n) is 0.725. The molecule has 0 saturated carbocycles. The summed E-state index contributed by atoms with van der Waals surface area (Å²) < 4.78 is 14.8. The monoisotopic (exact) mass is 163 g/mol. The first-order chi connectivity index (χ1) is 3.98. The van der Waals surface area contributed by atoms with Gasteiger partial charge in [-0.05, 0) is 27.3 Å². The zero-order valence-electron chi connectivity index (χ0n) is 6.34. The van der Waals surface area contributed by atoms with E-state index in [4.69, 9.17) is 0 Å². The highest BCUT2D eigenvalue weighted by atomic mass is 32.2. The molecule has 0 spiro atoms. The van der Waals surface area contributed by atoms with Crippen LogP contribution < -0.4 is 0 Å². The lowest BCUT2D eigenvalue weighted by Crippen LogP contribution is -2.25. The van der Waals surface area contributed by atoms with Crippen LogP contribution >= 0.6 is 0 Å². The van der Waals surface area contributed by atoms with Crippen molar-refractivity contribution in [3.8, 4) is 0 Å². The van der Waals surface area contributed by atoms with Crippen LogP contribution in [-0.2, 0) is 11.4 Å². The molecular formula is C5H13NOSSi. The highest BCUT2D eigenvalue weighted by Gasteiger charge is 2.24. The Hall–Kier alpha value is 0.327. The molecule has 1 atom stereocenters.